The average Bonchev–Trinajstić information content (AvgIpc) is 2.61. The average molecular weight is 382 g/mol. The Bertz CT molecular complexity index is 952. The summed E-state index contributed by atoms with van der Waals surface area (Å²) < 4.78 is 6.21. The molecular weight excluding hydrogens is 366 g/mol. The van der Waals surface area contributed by atoms with Gasteiger partial charge < -0.3 is 10.1 Å². The maximum Gasteiger partial charge on any atom is 0.225 e. The molecule has 3 aromatic carbocycles. The van der Waals surface area contributed by atoms with E-state index >= 15 is 0 Å². The molecule has 3 nitrogen and oxygen atoms in total. The molecule has 3 aromatic rings. The number of carbonyl (C=O) groups is 1. The van der Waals surface area contributed by atoms with Crippen molar-refractivity contribution in [2.24, 2.45) is 0 Å². The molecule has 24 heavy (non-hydrogen) atoms. The van der Waals surface area contributed by atoms with Gasteiger partial charge in [-0.1, -0.05) is 42.5 Å². The first-order valence-corrected chi connectivity index (χ1v) is 8.61. The summed E-state index contributed by atoms with van der Waals surface area (Å²) >= 11 is 3.54. The first kappa shape index (κ1) is 15.2. The van der Waals surface area contributed by atoms with E-state index in [1.807, 2.05) is 30.3 Å². The second-order valence-electron chi connectivity index (χ2n) is 5.95. The second-order valence-corrected chi connectivity index (χ2v) is 6.80. The smallest absolute Gasteiger partial charge is 0.225 e. The van der Waals surface area contributed by atoms with Gasteiger partial charge in [-0.3, -0.25) is 4.79 Å². The third-order valence-electron chi connectivity index (χ3n) is 4.57. The molecule has 0 aliphatic carbocycles. The number of fused-ring (bicyclic) bond motifs is 3. The Labute approximate surface area is 148 Å². The van der Waals surface area contributed by atoms with Crippen LogP contribution in [0.25, 0.3) is 10.8 Å². The Morgan fingerprint density at radius 1 is 1.12 bits per heavy atom. The molecule has 0 saturated heterocycles. The van der Waals surface area contributed by atoms with E-state index in [1.165, 1.54) is 0 Å². The van der Waals surface area contributed by atoms with Crippen LogP contribution >= 0.6 is 15.9 Å². The standard InChI is InChI=1S/C20H16BrNO2/c1-24-18-9-7-13(10-17(18)21)16-11-19(23)22-20-14-5-3-2-4-12(14)6-8-15(16)20/h2-10,16H,11H2,1H3,(H,22,23)/t16-/m0/s1. The van der Waals surface area contributed by atoms with Crippen molar-refractivity contribution < 1.29 is 9.53 Å². The lowest BCUT2D eigenvalue weighted by Gasteiger charge is -2.27. The molecule has 120 valence electrons. The monoisotopic (exact) mass is 381 g/mol. The number of hydrogen-bond donors (Lipinski definition) is 1. The van der Waals surface area contributed by atoms with Crippen LogP contribution in [0.3, 0.4) is 0 Å². The number of rotatable bonds is 2. The summed E-state index contributed by atoms with van der Waals surface area (Å²) in [7, 11) is 1.65. The fourth-order valence-corrected chi connectivity index (χ4v) is 3.96. The summed E-state index contributed by atoms with van der Waals surface area (Å²) in [6.07, 6.45) is 0.449. The van der Waals surface area contributed by atoms with Crippen LogP contribution in [0.5, 0.6) is 5.75 Å². The van der Waals surface area contributed by atoms with Crippen molar-refractivity contribution in [1.29, 1.82) is 0 Å². The Morgan fingerprint density at radius 2 is 1.96 bits per heavy atom. The van der Waals surface area contributed by atoms with Gasteiger partial charge in [0.15, 0.2) is 0 Å². The molecule has 1 aliphatic heterocycles. The van der Waals surface area contributed by atoms with E-state index in [4.69, 9.17) is 4.74 Å². The minimum Gasteiger partial charge on any atom is -0.496 e. The van der Waals surface area contributed by atoms with Gasteiger partial charge in [0.05, 0.1) is 17.3 Å². The molecule has 0 bridgehead atoms. The number of ether oxygens (including phenoxy) is 1. The first-order chi connectivity index (χ1) is 11.7. The second kappa shape index (κ2) is 5.95. The molecule has 0 radical (unpaired) electrons. The lowest BCUT2D eigenvalue weighted by molar-refractivity contribution is -0.116. The molecule has 0 unspecified atom stereocenters. The predicted octanol–water partition coefficient (Wildman–Crippen LogP) is 5.09. The maximum atomic E-state index is 12.3. The summed E-state index contributed by atoms with van der Waals surface area (Å²) in [4.78, 5) is 12.3. The third-order valence-corrected chi connectivity index (χ3v) is 5.19. The van der Waals surface area contributed by atoms with E-state index in [0.29, 0.717) is 6.42 Å². The SMILES string of the molecule is COc1ccc([C@@H]2CC(=O)Nc3c2ccc2ccccc32)cc1Br. The molecule has 1 aliphatic rings. The molecule has 4 heteroatoms. The van der Waals surface area contributed by atoms with E-state index in [0.717, 1.165) is 37.8 Å². The molecule has 4 rings (SSSR count). The summed E-state index contributed by atoms with van der Waals surface area (Å²) in [5.41, 5.74) is 3.20. The van der Waals surface area contributed by atoms with Crippen LogP contribution in [-0.4, -0.2) is 13.0 Å². The minimum atomic E-state index is 0.0422. The van der Waals surface area contributed by atoms with Crippen LogP contribution in [0.4, 0.5) is 5.69 Å². The Hall–Kier alpha value is -2.33. The quantitative estimate of drug-likeness (QED) is 0.671. The van der Waals surface area contributed by atoms with Crippen molar-refractivity contribution in [1.82, 2.24) is 0 Å². The van der Waals surface area contributed by atoms with Crippen molar-refractivity contribution >= 4 is 38.3 Å². The molecule has 0 fully saturated rings. The van der Waals surface area contributed by atoms with Crippen LogP contribution in [-0.2, 0) is 4.79 Å². The van der Waals surface area contributed by atoms with Gasteiger partial charge in [0.1, 0.15) is 5.75 Å². The van der Waals surface area contributed by atoms with Crippen molar-refractivity contribution in [2.45, 2.75) is 12.3 Å². The minimum absolute atomic E-state index is 0.0422. The summed E-state index contributed by atoms with van der Waals surface area (Å²) in [6, 6.07) is 18.4. The van der Waals surface area contributed by atoms with Crippen LogP contribution in [0, 0.1) is 0 Å². The normalized spacial score (nSPS) is 16.6. The number of amides is 1. The number of halogens is 1. The zero-order valence-electron chi connectivity index (χ0n) is 13.2. The van der Waals surface area contributed by atoms with Gasteiger partial charge in [0.25, 0.3) is 0 Å². The van der Waals surface area contributed by atoms with E-state index in [9.17, 15) is 4.79 Å². The van der Waals surface area contributed by atoms with E-state index in [2.05, 4.69) is 45.5 Å². The van der Waals surface area contributed by atoms with Gasteiger partial charge in [0, 0.05) is 17.7 Å². The summed E-state index contributed by atoms with van der Waals surface area (Å²) in [5, 5.41) is 5.28. The highest BCUT2D eigenvalue weighted by atomic mass is 79.9. The summed E-state index contributed by atoms with van der Waals surface area (Å²) in [6.45, 7) is 0. The Balaban J connectivity index is 1.89. The van der Waals surface area contributed by atoms with Crippen molar-refractivity contribution in [3.63, 3.8) is 0 Å². The molecule has 1 atom stereocenters. The summed E-state index contributed by atoms with van der Waals surface area (Å²) in [5.74, 6) is 0.883. The Morgan fingerprint density at radius 3 is 2.75 bits per heavy atom. The molecule has 1 heterocycles. The van der Waals surface area contributed by atoms with Gasteiger partial charge in [-0.05, 0) is 44.6 Å². The first-order valence-electron chi connectivity index (χ1n) is 7.82. The highest BCUT2D eigenvalue weighted by Gasteiger charge is 2.28. The highest BCUT2D eigenvalue weighted by molar-refractivity contribution is 9.10. The zero-order valence-corrected chi connectivity index (χ0v) is 14.8. The topological polar surface area (TPSA) is 38.3 Å². The van der Waals surface area contributed by atoms with E-state index in [-0.39, 0.29) is 11.8 Å². The predicted molar refractivity (Wildman–Crippen MR) is 99.7 cm³/mol. The van der Waals surface area contributed by atoms with Crippen molar-refractivity contribution in [2.75, 3.05) is 12.4 Å². The van der Waals surface area contributed by atoms with Crippen LogP contribution in [0.1, 0.15) is 23.5 Å². The lowest BCUT2D eigenvalue weighted by atomic mass is 9.83. The van der Waals surface area contributed by atoms with E-state index < -0.39 is 0 Å². The highest BCUT2D eigenvalue weighted by Crippen LogP contribution is 2.42. The van der Waals surface area contributed by atoms with Gasteiger partial charge in [-0.25, -0.2) is 0 Å². The van der Waals surface area contributed by atoms with Gasteiger partial charge >= 0.3 is 0 Å². The number of methoxy groups -OCH3 is 1. The maximum absolute atomic E-state index is 12.3. The lowest BCUT2D eigenvalue weighted by Crippen LogP contribution is -2.23. The fraction of sp³-hybridized carbons (Fsp3) is 0.150. The molecule has 1 N–H and O–H groups in total. The zero-order chi connectivity index (χ0) is 16.7. The molecule has 0 spiro atoms. The Kier molecular flexibility index (Phi) is 3.77. The van der Waals surface area contributed by atoms with Crippen molar-refractivity contribution in [3.8, 4) is 5.75 Å². The molecule has 1 amide bonds. The number of benzene rings is 3. The number of carbonyl (C=O) groups excluding carboxylic acids is 1. The van der Waals surface area contributed by atoms with Crippen LogP contribution in [0.15, 0.2) is 59.1 Å². The van der Waals surface area contributed by atoms with Crippen LogP contribution < -0.4 is 10.1 Å². The number of anilines is 1. The van der Waals surface area contributed by atoms with Gasteiger partial charge in [0.2, 0.25) is 5.91 Å². The largest absolute Gasteiger partial charge is 0.496 e. The van der Waals surface area contributed by atoms with Gasteiger partial charge in [-0.2, -0.15) is 0 Å². The fourth-order valence-electron chi connectivity index (χ4n) is 3.40. The molecule has 0 aromatic heterocycles. The van der Waals surface area contributed by atoms with Gasteiger partial charge in [-0.15, -0.1) is 0 Å². The van der Waals surface area contributed by atoms with E-state index in [1.54, 1.807) is 7.11 Å². The van der Waals surface area contributed by atoms with Crippen LogP contribution in [0.2, 0.25) is 0 Å². The number of hydrogen-bond acceptors (Lipinski definition) is 2. The molecular formula is C20H16BrNO2. The number of nitrogens with one attached hydrogen (secondary N) is 1. The molecule has 0 saturated carbocycles. The third kappa shape index (κ3) is 2.47. The van der Waals surface area contributed by atoms with Crippen molar-refractivity contribution in [3.05, 3.63) is 70.2 Å².